The molecule has 0 bridgehead atoms. The second-order valence-electron chi connectivity index (χ2n) is 10.7. The van der Waals surface area contributed by atoms with Crippen molar-refractivity contribution in [3.8, 4) is 22.5 Å². The monoisotopic (exact) mass is 464 g/mol. The summed E-state index contributed by atoms with van der Waals surface area (Å²) < 4.78 is 0. The summed E-state index contributed by atoms with van der Waals surface area (Å²) in [7, 11) is 0. The van der Waals surface area contributed by atoms with Gasteiger partial charge in [0.05, 0.1) is 22.1 Å². The topological polar surface area (TPSA) is 57.4 Å². The molecule has 4 heteroatoms. The summed E-state index contributed by atoms with van der Waals surface area (Å²) >= 11 is 0. The van der Waals surface area contributed by atoms with Crippen LogP contribution in [0.25, 0.3) is 44.6 Å². The zero-order valence-corrected chi connectivity index (χ0v) is 21.8. The average molecular weight is 465 g/mol. The van der Waals surface area contributed by atoms with Gasteiger partial charge >= 0.3 is 0 Å². The van der Waals surface area contributed by atoms with E-state index < -0.39 is 0 Å². The van der Waals surface area contributed by atoms with Crippen molar-refractivity contribution in [2.45, 2.75) is 71.6 Å². The van der Waals surface area contributed by atoms with Crippen LogP contribution in [-0.4, -0.2) is 19.9 Å². The smallest absolute Gasteiger partial charge is 0.138 e. The van der Waals surface area contributed by atoms with Crippen LogP contribution in [0, 0.1) is 0 Å². The summed E-state index contributed by atoms with van der Waals surface area (Å²) in [4.78, 5) is 16.9. The third kappa shape index (κ3) is 4.16. The second-order valence-corrected chi connectivity index (χ2v) is 10.7. The van der Waals surface area contributed by atoms with E-state index in [1.807, 2.05) is 0 Å². The molecule has 0 saturated carbocycles. The fourth-order valence-corrected chi connectivity index (χ4v) is 4.70. The van der Waals surface area contributed by atoms with Crippen LogP contribution in [0.4, 0.5) is 0 Å². The third-order valence-electron chi connectivity index (χ3n) is 8.22. The van der Waals surface area contributed by atoms with Gasteiger partial charge in [-0.2, -0.15) is 0 Å². The average Bonchev–Trinajstić information content (AvgIpc) is 3.52. The Morgan fingerprint density at radius 1 is 0.657 bits per heavy atom. The molecule has 5 aromatic rings. The van der Waals surface area contributed by atoms with Crippen LogP contribution in [0.5, 0.6) is 0 Å². The Morgan fingerprint density at radius 2 is 1.40 bits per heavy atom. The lowest BCUT2D eigenvalue weighted by Crippen LogP contribution is -2.19. The van der Waals surface area contributed by atoms with Crippen LogP contribution >= 0.6 is 0 Å². The van der Waals surface area contributed by atoms with Gasteiger partial charge in [0.2, 0.25) is 0 Å². The minimum absolute atomic E-state index is 0.0351. The molecule has 35 heavy (non-hydrogen) atoms. The van der Waals surface area contributed by atoms with Gasteiger partial charge in [0, 0.05) is 11.0 Å². The van der Waals surface area contributed by atoms with Crippen LogP contribution in [-0.2, 0) is 10.8 Å². The molecule has 0 fully saturated rings. The first kappa shape index (κ1) is 23.3. The Balaban J connectivity index is 1.50. The van der Waals surface area contributed by atoms with Crippen molar-refractivity contribution in [2.75, 3.05) is 0 Å². The van der Waals surface area contributed by atoms with Gasteiger partial charge in [-0.25, -0.2) is 9.97 Å². The zero-order valence-electron chi connectivity index (χ0n) is 21.8. The second kappa shape index (κ2) is 8.67. The number of aromatic nitrogens is 4. The first-order chi connectivity index (χ1) is 16.8. The van der Waals surface area contributed by atoms with Crippen LogP contribution in [0.2, 0.25) is 0 Å². The number of nitrogens with zero attached hydrogens (tertiary/aromatic N) is 2. The highest BCUT2D eigenvalue weighted by Crippen LogP contribution is 2.34. The van der Waals surface area contributed by atoms with E-state index in [9.17, 15) is 0 Å². The minimum Gasteiger partial charge on any atom is -0.342 e. The summed E-state index contributed by atoms with van der Waals surface area (Å²) in [5.41, 5.74) is 9.18. The zero-order chi connectivity index (χ0) is 24.8. The van der Waals surface area contributed by atoms with E-state index in [0.29, 0.717) is 0 Å². The van der Waals surface area contributed by atoms with Gasteiger partial charge in [0.25, 0.3) is 0 Å². The van der Waals surface area contributed by atoms with E-state index in [2.05, 4.69) is 112 Å². The summed E-state index contributed by atoms with van der Waals surface area (Å²) in [6.45, 7) is 13.6. The van der Waals surface area contributed by atoms with E-state index in [1.165, 1.54) is 5.56 Å². The van der Waals surface area contributed by atoms with Crippen molar-refractivity contribution in [2.24, 2.45) is 0 Å². The Labute approximate surface area is 208 Å². The van der Waals surface area contributed by atoms with Crippen molar-refractivity contribution >= 4 is 22.1 Å². The van der Waals surface area contributed by atoms with Crippen LogP contribution in [0.3, 0.4) is 0 Å². The summed E-state index contributed by atoms with van der Waals surface area (Å²) in [5, 5.41) is 0. The highest BCUT2D eigenvalue weighted by molar-refractivity contribution is 5.87. The molecule has 0 aliphatic heterocycles. The molecule has 3 aromatic carbocycles. The molecule has 5 rings (SSSR count). The number of rotatable bonds is 7. The molecule has 2 N–H and O–H groups in total. The van der Waals surface area contributed by atoms with E-state index in [0.717, 1.165) is 69.7 Å². The van der Waals surface area contributed by atoms with Gasteiger partial charge in [-0.1, -0.05) is 71.9 Å². The molecule has 180 valence electrons. The summed E-state index contributed by atoms with van der Waals surface area (Å²) in [6.07, 6.45) is 3.28. The van der Waals surface area contributed by atoms with E-state index in [-0.39, 0.29) is 10.8 Å². The van der Waals surface area contributed by atoms with Crippen LogP contribution in [0.15, 0.2) is 60.7 Å². The first-order valence-electron chi connectivity index (χ1n) is 12.9. The van der Waals surface area contributed by atoms with Gasteiger partial charge < -0.3 is 9.97 Å². The molecule has 2 aromatic heterocycles. The van der Waals surface area contributed by atoms with Crippen molar-refractivity contribution in [1.29, 1.82) is 0 Å². The molecule has 0 aliphatic carbocycles. The molecule has 0 amide bonds. The minimum atomic E-state index is 0.0351. The molecule has 0 unspecified atom stereocenters. The van der Waals surface area contributed by atoms with Crippen molar-refractivity contribution in [3.05, 3.63) is 72.1 Å². The summed E-state index contributed by atoms with van der Waals surface area (Å²) in [5.74, 6) is 1.97. The maximum absolute atomic E-state index is 4.91. The molecular formula is C31H36N4. The number of hydrogen-bond donors (Lipinski definition) is 2. The molecule has 0 radical (unpaired) electrons. The lowest BCUT2D eigenvalue weighted by atomic mass is 9.77. The Morgan fingerprint density at radius 3 is 2.14 bits per heavy atom. The van der Waals surface area contributed by atoms with Gasteiger partial charge in [0.1, 0.15) is 11.6 Å². The standard InChI is InChI=1S/C31H36N4/c1-7-30(4,5)29-34-25-16-14-21(19-27(25)35-29)20-13-15-24-26(18-20)33-28(32-24)22-11-10-12-23(17-22)31(6,8-2)9-3/h10-19H,7-9H2,1-6H3,(H,32,33)(H,34,35). The Hall–Kier alpha value is -3.40. The van der Waals surface area contributed by atoms with E-state index in [4.69, 9.17) is 9.97 Å². The maximum atomic E-state index is 4.91. The number of benzene rings is 3. The molecule has 0 atom stereocenters. The first-order valence-corrected chi connectivity index (χ1v) is 12.9. The largest absolute Gasteiger partial charge is 0.342 e. The number of fused-ring (bicyclic) bond motifs is 2. The van der Waals surface area contributed by atoms with Crippen LogP contribution < -0.4 is 0 Å². The number of imidazole rings is 2. The van der Waals surface area contributed by atoms with Crippen molar-refractivity contribution < 1.29 is 0 Å². The summed E-state index contributed by atoms with van der Waals surface area (Å²) in [6, 6.07) is 21.8. The molecule has 0 aliphatic rings. The molecule has 0 spiro atoms. The number of H-pyrrole nitrogens is 2. The Bertz CT molecular complexity index is 1500. The van der Waals surface area contributed by atoms with Crippen molar-refractivity contribution in [3.63, 3.8) is 0 Å². The molecule has 4 nitrogen and oxygen atoms in total. The highest BCUT2D eigenvalue weighted by atomic mass is 14.9. The van der Waals surface area contributed by atoms with Gasteiger partial charge in [-0.05, 0) is 71.7 Å². The van der Waals surface area contributed by atoms with E-state index in [1.54, 1.807) is 0 Å². The highest BCUT2D eigenvalue weighted by Gasteiger charge is 2.23. The SMILES string of the molecule is CCC(C)(C)c1nc2cc(-c3ccc4nc(-c5cccc(C(C)(CC)CC)c5)[nH]c4c3)ccc2[nH]1. The quantitative estimate of drug-likeness (QED) is 0.253. The normalized spacial score (nSPS) is 12.6. The van der Waals surface area contributed by atoms with Crippen LogP contribution in [0.1, 0.15) is 72.2 Å². The fraction of sp³-hybridized carbons (Fsp3) is 0.355. The number of aromatic amines is 2. The third-order valence-corrected chi connectivity index (χ3v) is 8.22. The lowest BCUT2D eigenvalue weighted by molar-refractivity contribution is 0.439. The van der Waals surface area contributed by atoms with Crippen molar-refractivity contribution in [1.82, 2.24) is 19.9 Å². The predicted octanol–water partition coefficient (Wildman–Crippen LogP) is 8.54. The molecule has 2 heterocycles. The van der Waals surface area contributed by atoms with E-state index >= 15 is 0 Å². The Kier molecular flexibility index (Phi) is 5.79. The molecular weight excluding hydrogens is 428 g/mol. The lowest BCUT2D eigenvalue weighted by Gasteiger charge is -2.27. The number of nitrogens with one attached hydrogen (secondary N) is 2. The van der Waals surface area contributed by atoms with Gasteiger partial charge in [-0.3, -0.25) is 0 Å². The number of hydrogen-bond acceptors (Lipinski definition) is 2. The van der Waals surface area contributed by atoms with Gasteiger partial charge in [0.15, 0.2) is 0 Å². The fourth-order valence-electron chi connectivity index (χ4n) is 4.70. The van der Waals surface area contributed by atoms with Gasteiger partial charge in [-0.15, -0.1) is 0 Å². The predicted molar refractivity (Wildman–Crippen MR) is 148 cm³/mol. The maximum Gasteiger partial charge on any atom is 0.138 e. The molecule has 0 saturated heterocycles.